The molecule has 2 aromatic heterocycles. The number of amides is 1. The lowest BCUT2D eigenvalue weighted by molar-refractivity contribution is -0.116. The second kappa shape index (κ2) is 8.92. The van der Waals surface area contributed by atoms with E-state index in [9.17, 15) is 4.79 Å². The van der Waals surface area contributed by atoms with Gasteiger partial charge >= 0.3 is 0 Å². The molecule has 0 saturated heterocycles. The number of nitrogens with zero attached hydrogens (tertiary/aromatic N) is 4. The van der Waals surface area contributed by atoms with Crippen molar-refractivity contribution in [3.63, 3.8) is 0 Å². The first kappa shape index (κ1) is 20.8. The van der Waals surface area contributed by atoms with Crippen LogP contribution in [0.25, 0.3) is 5.78 Å². The first-order valence-electron chi connectivity index (χ1n) is 8.83. The third-order valence-electron chi connectivity index (χ3n) is 4.55. The highest BCUT2D eigenvalue weighted by Gasteiger charge is 2.14. The first-order valence-corrected chi connectivity index (χ1v) is 8.83. The molecule has 8 heteroatoms. The summed E-state index contributed by atoms with van der Waals surface area (Å²) in [5.74, 6) is 1.10. The van der Waals surface area contributed by atoms with Crippen molar-refractivity contribution in [1.82, 2.24) is 19.6 Å². The lowest BCUT2D eigenvalue weighted by Gasteiger charge is -2.12. The van der Waals surface area contributed by atoms with Crippen LogP contribution in [-0.2, 0) is 24.2 Å². The van der Waals surface area contributed by atoms with Gasteiger partial charge in [0.15, 0.2) is 5.82 Å². The molecule has 0 atom stereocenters. The van der Waals surface area contributed by atoms with Crippen LogP contribution >= 0.6 is 12.4 Å². The van der Waals surface area contributed by atoms with Gasteiger partial charge in [0.05, 0.1) is 6.54 Å². The third kappa shape index (κ3) is 4.43. The van der Waals surface area contributed by atoms with Crippen molar-refractivity contribution in [2.24, 2.45) is 5.73 Å². The number of halogens is 1. The van der Waals surface area contributed by atoms with Crippen LogP contribution in [-0.4, -0.2) is 25.5 Å². The van der Waals surface area contributed by atoms with E-state index in [0.717, 1.165) is 34.6 Å². The summed E-state index contributed by atoms with van der Waals surface area (Å²) in [5, 5.41) is 7.38. The average Bonchev–Trinajstić information content (AvgIpc) is 3.05. The Hall–Kier alpha value is -2.51. The van der Waals surface area contributed by atoms with E-state index in [0.29, 0.717) is 24.4 Å². The molecule has 0 spiro atoms. The zero-order valence-electron chi connectivity index (χ0n) is 15.8. The Morgan fingerprint density at radius 1 is 1.22 bits per heavy atom. The summed E-state index contributed by atoms with van der Waals surface area (Å²) in [6.45, 7) is 6.25. The van der Waals surface area contributed by atoms with Gasteiger partial charge in [-0.25, -0.2) is 9.50 Å². The van der Waals surface area contributed by atoms with Crippen molar-refractivity contribution in [2.45, 2.75) is 46.6 Å². The number of aryl methyl sites for hydroxylation is 3. The molecule has 0 bridgehead atoms. The number of rotatable bonds is 6. The quantitative estimate of drug-likeness (QED) is 0.676. The molecule has 27 heavy (non-hydrogen) atoms. The fraction of sp³-hybridized carbons (Fsp3) is 0.368. The number of fused-ring (bicyclic) bond motifs is 1. The van der Waals surface area contributed by atoms with E-state index in [1.165, 1.54) is 0 Å². The molecular weight excluding hydrogens is 364 g/mol. The van der Waals surface area contributed by atoms with Crippen molar-refractivity contribution in [3.05, 3.63) is 52.6 Å². The van der Waals surface area contributed by atoms with E-state index in [1.807, 2.05) is 38.1 Å². The molecule has 0 aliphatic rings. The molecule has 144 valence electrons. The number of carbonyl (C=O) groups is 1. The van der Waals surface area contributed by atoms with Gasteiger partial charge in [-0.05, 0) is 43.9 Å². The highest BCUT2D eigenvalue weighted by Crippen LogP contribution is 2.18. The van der Waals surface area contributed by atoms with Crippen LogP contribution < -0.4 is 11.1 Å². The maximum atomic E-state index is 12.4. The lowest BCUT2D eigenvalue weighted by atomic mass is 10.1. The number of carbonyl (C=O) groups excluding carboxylic acids is 1. The molecule has 1 aromatic carbocycles. The molecule has 2 heterocycles. The SMILES string of the molecule is CCc1ccccc1NC(=O)CCc1c(C)nc2nc(CN)nn2c1C.Cl. The minimum atomic E-state index is -0.00830. The zero-order valence-corrected chi connectivity index (χ0v) is 16.6. The summed E-state index contributed by atoms with van der Waals surface area (Å²) in [5.41, 5.74) is 10.5. The predicted molar refractivity (Wildman–Crippen MR) is 108 cm³/mol. The Morgan fingerprint density at radius 2 is 1.96 bits per heavy atom. The summed E-state index contributed by atoms with van der Waals surface area (Å²) in [6, 6.07) is 7.88. The topological polar surface area (TPSA) is 98.2 Å². The molecule has 0 saturated carbocycles. The summed E-state index contributed by atoms with van der Waals surface area (Å²) >= 11 is 0. The van der Waals surface area contributed by atoms with Crippen LogP contribution in [0.2, 0.25) is 0 Å². The van der Waals surface area contributed by atoms with Crippen LogP contribution in [0.3, 0.4) is 0 Å². The third-order valence-corrected chi connectivity index (χ3v) is 4.55. The second-order valence-corrected chi connectivity index (χ2v) is 6.26. The number of nitrogens with two attached hydrogens (primary N) is 1. The van der Waals surface area contributed by atoms with Crippen molar-refractivity contribution >= 4 is 29.8 Å². The number of benzene rings is 1. The fourth-order valence-electron chi connectivity index (χ4n) is 3.10. The van der Waals surface area contributed by atoms with Crippen LogP contribution in [0.4, 0.5) is 5.69 Å². The molecule has 0 aliphatic heterocycles. The van der Waals surface area contributed by atoms with Gasteiger partial charge < -0.3 is 11.1 Å². The van der Waals surface area contributed by atoms with E-state index in [-0.39, 0.29) is 24.9 Å². The van der Waals surface area contributed by atoms with E-state index in [4.69, 9.17) is 5.73 Å². The molecule has 3 N–H and O–H groups in total. The van der Waals surface area contributed by atoms with Gasteiger partial charge in [-0.2, -0.15) is 4.98 Å². The maximum absolute atomic E-state index is 12.4. The van der Waals surface area contributed by atoms with Gasteiger partial charge in [0, 0.05) is 23.5 Å². The summed E-state index contributed by atoms with van der Waals surface area (Å²) in [7, 11) is 0. The van der Waals surface area contributed by atoms with Gasteiger partial charge in [0.25, 0.3) is 5.78 Å². The van der Waals surface area contributed by atoms with E-state index in [1.54, 1.807) is 4.52 Å². The number of anilines is 1. The smallest absolute Gasteiger partial charge is 0.252 e. The van der Waals surface area contributed by atoms with Crippen molar-refractivity contribution in [1.29, 1.82) is 0 Å². The van der Waals surface area contributed by atoms with Gasteiger partial charge in [0.2, 0.25) is 5.91 Å². The predicted octanol–water partition coefficient (Wildman–Crippen LogP) is 2.76. The number of hydrogen-bond acceptors (Lipinski definition) is 5. The molecule has 0 aliphatic carbocycles. The Kier molecular flexibility index (Phi) is 6.87. The molecule has 3 aromatic rings. The summed E-state index contributed by atoms with van der Waals surface area (Å²) < 4.78 is 1.70. The Balaban J connectivity index is 0.00000261. The Morgan fingerprint density at radius 3 is 2.67 bits per heavy atom. The van der Waals surface area contributed by atoms with Gasteiger partial charge in [-0.3, -0.25) is 4.79 Å². The van der Waals surface area contributed by atoms with E-state index in [2.05, 4.69) is 27.3 Å². The van der Waals surface area contributed by atoms with Crippen LogP contribution in [0.1, 0.15) is 41.7 Å². The molecule has 7 nitrogen and oxygen atoms in total. The van der Waals surface area contributed by atoms with Crippen molar-refractivity contribution < 1.29 is 4.79 Å². The van der Waals surface area contributed by atoms with Crippen molar-refractivity contribution in [3.8, 4) is 0 Å². The van der Waals surface area contributed by atoms with E-state index >= 15 is 0 Å². The van der Waals surface area contributed by atoms with Crippen LogP contribution in [0.5, 0.6) is 0 Å². The Labute approximate surface area is 164 Å². The fourth-order valence-corrected chi connectivity index (χ4v) is 3.10. The standard InChI is InChI=1S/C19H24N6O.ClH/c1-4-14-7-5-6-8-16(14)22-18(26)10-9-15-12(2)21-19-23-17(11-20)24-25(19)13(15)3;/h5-8H,4,9-11,20H2,1-3H3,(H,22,26);1H. The first-order chi connectivity index (χ1) is 12.5. The molecular formula is C19H25ClN6O. The van der Waals surface area contributed by atoms with E-state index < -0.39 is 0 Å². The second-order valence-electron chi connectivity index (χ2n) is 6.26. The molecule has 0 radical (unpaired) electrons. The normalized spacial score (nSPS) is 10.7. The molecule has 0 fully saturated rings. The minimum Gasteiger partial charge on any atom is -0.326 e. The van der Waals surface area contributed by atoms with Gasteiger partial charge in [-0.15, -0.1) is 17.5 Å². The van der Waals surface area contributed by atoms with Gasteiger partial charge in [0.1, 0.15) is 0 Å². The number of aromatic nitrogens is 4. The minimum absolute atomic E-state index is 0. The van der Waals surface area contributed by atoms with Crippen LogP contribution in [0.15, 0.2) is 24.3 Å². The highest BCUT2D eigenvalue weighted by molar-refractivity contribution is 5.91. The molecule has 1 amide bonds. The largest absolute Gasteiger partial charge is 0.326 e. The lowest BCUT2D eigenvalue weighted by Crippen LogP contribution is -2.15. The molecule has 3 rings (SSSR count). The monoisotopic (exact) mass is 388 g/mol. The number of para-hydroxylation sites is 1. The highest BCUT2D eigenvalue weighted by atomic mass is 35.5. The maximum Gasteiger partial charge on any atom is 0.252 e. The Bertz CT molecular complexity index is 953. The average molecular weight is 389 g/mol. The number of nitrogens with one attached hydrogen (secondary N) is 1. The summed E-state index contributed by atoms with van der Waals surface area (Å²) in [4.78, 5) is 21.2. The van der Waals surface area contributed by atoms with Crippen LogP contribution in [0, 0.1) is 13.8 Å². The zero-order chi connectivity index (χ0) is 18.7. The van der Waals surface area contributed by atoms with Gasteiger partial charge in [-0.1, -0.05) is 25.1 Å². The van der Waals surface area contributed by atoms with Crippen molar-refractivity contribution in [2.75, 3.05) is 5.32 Å². The number of hydrogen-bond donors (Lipinski definition) is 2. The summed E-state index contributed by atoms with van der Waals surface area (Å²) in [6.07, 6.45) is 1.86. The molecule has 0 unspecified atom stereocenters.